The number of halogens is 1. The molecule has 2 rings (SSSR count). The van der Waals surface area contributed by atoms with Gasteiger partial charge in [0.1, 0.15) is 5.84 Å². The molecule has 17 heavy (non-hydrogen) atoms. The first-order valence-electron chi connectivity index (χ1n) is 4.86. The topological polar surface area (TPSA) is 67.7 Å². The Hall–Kier alpha value is -1.46. The molecule has 0 unspecified atom stereocenters. The molecule has 0 aliphatic carbocycles. The summed E-state index contributed by atoms with van der Waals surface area (Å²) in [5, 5.41) is 12.2. The van der Waals surface area contributed by atoms with Gasteiger partial charge in [0.25, 0.3) is 0 Å². The lowest BCUT2D eigenvalue weighted by molar-refractivity contribution is 0.766. The van der Waals surface area contributed by atoms with Crippen molar-refractivity contribution in [3.8, 4) is 0 Å². The lowest BCUT2D eigenvalue weighted by Gasteiger charge is -2.06. The van der Waals surface area contributed by atoms with Crippen LogP contribution in [0.25, 0.3) is 0 Å². The Kier molecular flexibility index (Phi) is 3.40. The Labute approximate surface area is 108 Å². The van der Waals surface area contributed by atoms with E-state index in [1.807, 2.05) is 19.3 Å². The minimum absolute atomic E-state index is 0.0129. The molecule has 0 fully saturated rings. The molecule has 0 bridgehead atoms. The predicted octanol–water partition coefficient (Wildman–Crippen LogP) is 2.51. The number of nitrogen functional groups attached to an aromatic ring is 1. The fourth-order valence-corrected chi connectivity index (χ4v) is 2.53. The standard InChI is InChI=1S/C11H11ClN4S/c1-16-6-8(5-15-16)17-10-3-2-7(12)4-9(10)11(13)14/h2-6H,1H3,(H3,13,14). The van der Waals surface area contributed by atoms with Crippen molar-refractivity contribution in [2.45, 2.75) is 9.79 Å². The number of nitrogens with two attached hydrogens (primary N) is 1. The van der Waals surface area contributed by atoms with Crippen LogP contribution in [-0.4, -0.2) is 15.6 Å². The van der Waals surface area contributed by atoms with Crippen molar-refractivity contribution in [2.75, 3.05) is 0 Å². The van der Waals surface area contributed by atoms with Crippen molar-refractivity contribution in [2.24, 2.45) is 12.8 Å². The number of amidine groups is 1. The van der Waals surface area contributed by atoms with Gasteiger partial charge in [0.2, 0.25) is 0 Å². The third-order valence-electron chi connectivity index (χ3n) is 2.14. The second-order valence-corrected chi connectivity index (χ2v) is 5.06. The monoisotopic (exact) mass is 266 g/mol. The van der Waals surface area contributed by atoms with Crippen molar-refractivity contribution in [1.82, 2.24) is 9.78 Å². The summed E-state index contributed by atoms with van der Waals surface area (Å²) in [7, 11) is 1.86. The van der Waals surface area contributed by atoms with E-state index in [-0.39, 0.29) is 5.84 Å². The smallest absolute Gasteiger partial charge is 0.123 e. The molecule has 1 heterocycles. The van der Waals surface area contributed by atoms with Crippen LogP contribution < -0.4 is 5.73 Å². The summed E-state index contributed by atoms with van der Waals surface area (Å²) in [4.78, 5) is 1.90. The van der Waals surface area contributed by atoms with Crippen molar-refractivity contribution >= 4 is 29.2 Å². The van der Waals surface area contributed by atoms with Gasteiger partial charge in [-0.25, -0.2) is 0 Å². The van der Waals surface area contributed by atoms with Crippen LogP contribution in [0.2, 0.25) is 5.02 Å². The number of rotatable bonds is 3. The van der Waals surface area contributed by atoms with Crippen LogP contribution in [0, 0.1) is 5.41 Å². The van der Waals surface area contributed by atoms with Gasteiger partial charge in [-0.05, 0) is 18.2 Å². The summed E-state index contributed by atoms with van der Waals surface area (Å²) in [6, 6.07) is 5.34. The first kappa shape index (κ1) is 12.0. The Morgan fingerprint density at radius 1 is 1.53 bits per heavy atom. The van der Waals surface area contributed by atoms with Gasteiger partial charge < -0.3 is 5.73 Å². The molecule has 6 heteroatoms. The molecule has 2 aromatic rings. The molecule has 0 atom stereocenters. The highest BCUT2D eigenvalue weighted by molar-refractivity contribution is 7.99. The first-order chi connectivity index (χ1) is 8.06. The number of aromatic nitrogens is 2. The van der Waals surface area contributed by atoms with Crippen LogP contribution in [0.4, 0.5) is 0 Å². The van der Waals surface area contributed by atoms with Crippen molar-refractivity contribution in [3.63, 3.8) is 0 Å². The highest BCUT2D eigenvalue weighted by Gasteiger charge is 2.08. The molecule has 1 aromatic carbocycles. The van der Waals surface area contributed by atoms with E-state index < -0.39 is 0 Å². The van der Waals surface area contributed by atoms with Gasteiger partial charge in [0, 0.05) is 28.7 Å². The second kappa shape index (κ2) is 4.81. The SMILES string of the molecule is Cn1cc(Sc2ccc(Cl)cc2C(=N)N)cn1. The summed E-state index contributed by atoms with van der Waals surface area (Å²) in [6.07, 6.45) is 3.67. The molecule has 0 aliphatic heterocycles. The van der Waals surface area contributed by atoms with Crippen LogP contribution in [0.3, 0.4) is 0 Å². The molecule has 1 aromatic heterocycles. The second-order valence-electron chi connectivity index (χ2n) is 3.51. The van der Waals surface area contributed by atoms with E-state index in [0.29, 0.717) is 10.6 Å². The van der Waals surface area contributed by atoms with Crippen molar-refractivity contribution in [3.05, 3.63) is 41.2 Å². The van der Waals surface area contributed by atoms with E-state index in [2.05, 4.69) is 5.10 Å². The van der Waals surface area contributed by atoms with Crippen LogP contribution in [-0.2, 0) is 7.05 Å². The summed E-state index contributed by atoms with van der Waals surface area (Å²) >= 11 is 7.40. The predicted molar refractivity (Wildman–Crippen MR) is 69.8 cm³/mol. The average molecular weight is 267 g/mol. The van der Waals surface area contributed by atoms with Gasteiger partial charge >= 0.3 is 0 Å². The lowest BCUT2D eigenvalue weighted by Crippen LogP contribution is -2.12. The van der Waals surface area contributed by atoms with E-state index in [1.54, 1.807) is 23.0 Å². The molecule has 0 radical (unpaired) electrons. The zero-order valence-electron chi connectivity index (χ0n) is 9.14. The number of benzene rings is 1. The average Bonchev–Trinajstić information content (AvgIpc) is 2.66. The Morgan fingerprint density at radius 2 is 2.29 bits per heavy atom. The van der Waals surface area contributed by atoms with E-state index in [9.17, 15) is 0 Å². The molecule has 0 aliphatic rings. The molecular weight excluding hydrogens is 256 g/mol. The molecule has 3 N–H and O–H groups in total. The van der Waals surface area contributed by atoms with E-state index in [0.717, 1.165) is 9.79 Å². The minimum atomic E-state index is 0.0129. The largest absolute Gasteiger partial charge is 0.384 e. The minimum Gasteiger partial charge on any atom is -0.384 e. The number of nitrogens with one attached hydrogen (secondary N) is 1. The van der Waals surface area contributed by atoms with Crippen LogP contribution in [0.5, 0.6) is 0 Å². The maximum Gasteiger partial charge on any atom is 0.123 e. The number of nitrogens with zero attached hydrogens (tertiary/aromatic N) is 2. The van der Waals surface area contributed by atoms with Gasteiger partial charge in [0.15, 0.2) is 0 Å². The van der Waals surface area contributed by atoms with Crippen LogP contribution in [0.1, 0.15) is 5.56 Å². The molecule has 0 saturated heterocycles. The third-order valence-corrected chi connectivity index (χ3v) is 3.40. The van der Waals surface area contributed by atoms with Gasteiger partial charge in [-0.3, -0.25) is 10.1 Å². The van der Waals surface area contributed by atoms with Crippen LogP contribution in [0.15, 0.2) is 40.4 Å². The molecule has 0 saturated carbocycles. The van der Waals surface area contributed by atoms with E-state index in [4.69, 9.17) is 22.7 Å². The normalized spacial score (nSPS) is 10.5. The Balaban J connectivity index is 2.35. The lowest BCUT2D eigenvalue weighted by atomic mass is 10.2. The molecule has 0 amide bonds. The van der Waals surface area contributed by atoms with Crippen molar-refractivity contribution in [1.29, 1.82) is 5.41 Å². The maximum atomic E-state index is 7.53. The first-order valence-corrected chi connectivity index (χ1v) is 6.06. The van der Waals surface area contributed by atoms with Crippen LogP contribution >= 0.6 is 23.4 Å². The summed E-state index contributed by atoms with van der Waals surface area (Å²) in [5.41, 5.74) is 6.18. The van der Waals surface area contributed by atoms with Gasteiger partial charge in [-0.15, -0.1) is 0 Å². The zero-order valence-corrected chi connectivity index (χ0v) is 10.7. The fraction of sp³-hybridized carbons (Fsp3) is 0.0909. The maximum absolute atomic E-state index is 7.53. The Morgan fingerprint density at radius 3 is 2.88 bits per heavy atom. The van der Waals surface area contributed by atoms with Gasteiger partial charge in [0.05, 0.1) is 11.1 Å². The molecular formula is C11H11ClN4S. The molecule has 0 spiro atoms. The van der Waals surface area contributed by atoms with Gasteiger partial charge in [-0.1, -0.05) is 23.4 Å². The van der Waals surface area contributed by atoms with E-state index in [1.165, 1.54) is 11.8 Å². The number of aryl methyl sites for hydroxylation is 1. The summed E-state index contributed by atoms with van der Waals surface area (Å²) in [5.74, 6) is 0.0129. The quantitative estimate of drug-likeness (QED) is 0.663. The zero-order chi connectivity index (χ0) is 12.4. The number of hydrogen-bond acceptors (Lipinski definition) is 3. The molecule has 4 nitrogen and oxygen atoms in total. The summed E-state index contributed by atoms with van der Waals surface area (Å²) < 4.78 is 1.73. The third kappa shape index (κ3) is 2.81. The van der Waals surface area contributed by atoms with Gasteiger partial charge in [-0.2, -0.15) is 5.10 Å². The van der Waals surface area contributed by atoms with E-state index >= 15 is 0 Å². The highest BCUT2D eigenvalue weighted by Crippen LogP contribution is 2.31. The summed E-state index contributed by atoms with van der Waals surface area (Å²) in [6.45, 7) is 0. The van der Waals surface area contributed by atoms with Crippen molar-refractivity contribution < 1.29 is 0 Å². The highest BCUT2D eigenvalue weighted by atomic mass is 35.5. The number of hydrogen-bond donors (Lipinski definition) is 2. The fourth-order valence-electron chi connectivity index (χ4n) is 1.38. The Bertz CT molecular complexity index is 564. The molecule has 88 valence electrons.